The van der Waals surface area contributed by atoms with Gasteiger partial charge in [-0.3, -0.25) is 4.79 Å². The van der Waals surface area contributed by atoms with Crippen LogP contribution in [0.1, 0.15) is 17.3 Å². The Morgan fingerprint density at radius 1 is 1.11 bits per heavy atom. The molecule has 2 aromatic carbocycles. The van der Waals surface area contributed by atoms with Crippen molar-refractivity contribution in [2.45, 2.75) is 6.92 Å². The Morgan fingerprint density at radius 2 is 1.86 bits per heavy atom. The molecule has 0 fully saturated rings. The van der Waals surface area contributed by atoms with Crippen LogP contribution in [0.25, 0.3) is 11.0 Å². The fraction of sp³-hybridized carbons (Fsp3) is 0.0556. The Bertz CT molecular complexity index is 1180. The lowest BCUT2D eigenvalue weighted by molar-refractivity contribution is -0.303. The van der Waals surface area contributed by atoms with Crippen molar-refractivity contribution in [3.05, 3.63) is 70.0 Å². The molecule has 3 aromatic rings. The van der Waals surface area contributed by atoms with E-state index in [0.717, 1.165) is 6.92 Å². The highest BCUT2D eigenvalue weighted by Gasteiger charge is 2.11. The van der Waals surface area contributed by atoms with Gasteiger partial charge in [0.05, 0.1) is 22.3 Å². The van der Waals surface area contributed by atoms with Gasteiger partial charge in [-0.2, -0.15) is 5.11 Å². The minimum Gasteiger partial charge on any atom is -0.874 e. The van der Waals surface area contributed by atoms with Crippen molar-refractivity contribution in [2.24, 2.45) is 10.2 Å². The second-order valence-electron chi connectivity index (χ2n) is 5.75. The Hall–Kier alpha value is -4.21. The lowest BCUT2D eigenvalue weighted by atomic mass is 10.2. The van der Waals surface area contributed by atoms with E-state index in [1.807, 2.05) is 0 Å². The van der Waals surface area contributed by atoms with Gasteiger partial charge in [0.1, 0.15) is 5.70 Å². The first-order chi connectivity index (χ1) is 13.3. The van der Waals surface area contributed by atoms with E-state index in [9.17, 15) is 19.5 Å². The lowest BCUT2D eigenvalue weighted by Crippen LogP contribution is -2.18. The van der Waals surface area contributed by atoms with Crippen LogP contribution in [0.4, 0.5) is 11.4 Å². The first-order valence-electron chi connectivity index (χ1n) is 8.00. The normalized spacial score (nSPS) is 12.2. The van der Waals surface area contributed by atoms with E-state index < -0.39 is 23.3 Å². The second-order valence-corrected chi connectivity index (χ2v) is 5.75. The molecule has 4 N–H and O–H groups in total. The van der Waals surface area contributed by atoms with E-state index >= 15 is 0 Å². The number of hydrogen-bond acceptors (Lipinski definition) is 6. The number of aromatic amines is 2. The first kappa shape index (κ1) is 18.6. The highest BCUT2D eigenvalue weighted by Crippen LogP contribution is 2.19. The fourth-order valence-corrected chi connectivity index (χ4v) is 2.39. The molecule has 0 radical (unpaired) electrons. The minimum atomic E-state index is -1.14. The average molecular weight is 380 g/mol. The predicted molar refractivity (Wildman–Crippen MR) is 98.2 cm³/mol. The Labute approximate surface area is 157 Å². The molecule has 0 unspecified atom stereocenters. The summed E-state index contributed by atoms with van der Waals surface area (Å²) in [5, 5.41) is 30.7. The third-order valence-corrected chi connectivity index (χ3v) is 3.68. The summed E-state index contributed by atoms with van der Waals surface area (Å²) in [5.74, 6) is -2.54. The van der Waals surface area contributed by atoms with Crippen LogP contribution < -0.4 is 16.1 Å². The SMILES string of the molecule is CC([O-])=C(N=Nc1cccc(C(=O)O)c1)C(=O)Nc1ccc2[nH]c(=O)[nH]c2c1. The van der Waals surface area contributed by atoms with E-state index in [-0.39, 0.29) is 16.9 Å². The van der Waals surface area contributed by atoms with Gasteiger partial charge in [0, 0.05) is 5.69 Å². The number of amides is 1. The second kappa shape index (κ2) is 7.58. The van der Waals surface area contributed by atoms with E-state index in [0.29, 0.717) is 16.7 Å². The highest BCUT2D eigenvalue weighted by atomic mass is 16.4. The molecule has 0 aliphatic heterocycles. The maximum absolute atomic E-state index is 12.4. The van der Waals surface area contributed by atoms with Crippen LogP contribution in [0.5, 0.6) is 0 Å². The third-order valence-electron chi connectivity index (χ3n) is 3.68. The number of azo groups is 1. The summed E-state index contributed by atoms with van der Waals surface area (Å²) in [6, 6.07) is 10.3. The summed E-state index contributed by atoms with van der Waals surface area (Å²) >= 11 is 0. The maximum atomic E-state index is 12.4. The molecule has 10 nitrogen and oxygen atoms in total. The molecule has 1 heterocycles. The van der Waals surface area contributed by atoms with Crippen LogP contribution in [0, 0.1) is 0 Å². The van der Waals surface area contributed by atoms with Crippen LogP contribution >= 0.6 is 0 Å². The zero-order valence-corrected chi connectivity index (χ0v) is 14.5. The van der Waals surface area contributed by atoms with Crippen LogP contribution in [0.2, 0.25) is 0 Å². The molecular weight excluding hydrogens is 366 g/mol. The Morgan fingerprint density at radius 3 is 2.57 bits per heavy atom. The van der Waals surface area contributed by atoms with Crippen LogP contribution in [0.3, 0.4) is 0 Å². The van der Waals surface area contributed by atoms with E-state index in [2.05, 4.69) is 25.5 Å². The molecule has 0 aliphatic carbocycles. The van der Waals surface area contributed by atoms with E-state index in [1.54, 1.807) is 12.1 Å². The van der Waals surface area contributed by atoms with Crippen LogP contribution in [0.15, 0.2) is 68.9 Å². The van der Waals surface area contributed by atoms with Crippen LogP contribution in [-0.2, 0) is 4.79 Å². The summed E-state index contributed by atoms with van der Waals surface area (Å²) in [6.45, 7) is 1.16. The molecule has 3 rings (SSSR count). The molecule has 10 heteroatoms. The summed E-state index contributed by atoms with van der Waals surface area (Å²) in [4.78, 5) is 39.8. The number of aromatic carboxylic acids is 1. The number of aromatic nitrogens is 2. The number of anilines is 1. The number of carbonyl (C=O) groups is 2. The molecule has 0 bridgehead atoms. The number of H-pyrrole nitrogens is 2. The number of carbonyl (C=O) groups excluding carboxylic acids is 1. The Balaban J connectivity index is 1.82. The smallest absolute Gasteiger partial charge is 0.335 e. The van der Waals surface area contributed by atoms with Crippen molar-refractivity contribution in [1.82, 2.24) is 9.97 Å². The maximum Gasteiger partial charge on any atom is 0.335 e. The van der Waals surface area contributed by atoms with Gasteiger partial charge in [0.25, 0.3) is 5.91 Å². The molecule has 1 aromatic heterocycles. The molecular formula is C18H14N5O5-. The molecule has 0 spiro atoms. The van der Waals surface area contributed by atoms with Gasteiger partial charge in [-0.25, -0.2) is 9.59 Å². The van der Waals surface area contributed by atoms with Crippen molar-refractivity contribution < 1.29 is 19.8 Å². The number of rotatable bonds is 5. The number of allylic oxidation sites excluding steroid dienone is 1. The van der Waals surface area contributed by atoms with Gasteiger partial charge < -0.3 is 25.5 Å². The van der Waals surface area contributed by atoms with Crippen molar-refractivity contribution in [1.29, 1.82) is 0 Å². The summed E-state index contributed by atoms with van der Waals surface area (Å²) in [7, 11) is 0. The van der Waals surface area contributed by atoms with E-state index in [1.165, 1.54) is 30.3 Å². The first-order valence-corrected chi connectivity index (χ1v) is 8.00. The van der Waals surface area contributed by atoms with Crippen LogP contribution in [-0.4, -0.2) is 27.0 Å². The zero-order chi connectivity index (χ0) is 20.3. The molecule has 1 amide bonds. The minimum absolute atomic E-state index is 0.000857. The molecule has 0 saturated carbocycles. The standard InChI is InChI=1S/C18H15N5O5/c1-9(24)15(23-22-12-4-2-3-10(7-12)17(26)27)16(25)19-11-5-6-13-14(8-11)21-18(28)20-13/h2-8,24H,1H3,(H,19,25)(H,26,27)(H2,20,21,28)/p-1. The monoisotopic (exact) mass is 380 g/mol. The predicted octanol–water partition coefficient (Wildman–Crippen LogP) is 1.87. The number of nitrogens with one attached hydrogen (secondary N) is 3. The number of hydrogen-bond donors (Lipinski definition) is 4. The number of benzene rings is 2. The quantitative estimate of drug-likeness (QED) is 0.301. The highest BCUT2D eigenvalue weighted by molar-refractivity contribution is 6.04. The summed E-state index contributed by atoms with van der Waals surface area (Å²) < 4.78 is 0. The largest absolute Gasteiger partial charge is 0.874 e. The van der Waals surface area contributed by atoms with Crippen molar-refractivity contribution in [3.63, 3.8) is 0 Å². The third kappa shape index (κ3) is 4.12. The number of nitrogens with zero attached hydrogens (tertiary/aromatic N) is 2. The number of fused-ring (bicyclic) bond motifs is 1. The van der Waals surface area contributed by atoms with E-state index in [4.69, 9.17) is 5.11 Å². The van der Waals surface area contributed by atoms with Gasteiger partial charge >= 0.3 is 11.7 Å². The summed E-state index contributed by atoms with van der Waals surface area (Å²) in [5.41, 5.74) is 0.734. The van der Waals surface area contributed by atoms with Gasteiger partial charge in [-0.05, 0) is 36.4 Å². The molecule has 142 valence electrons. The van der Waals surface area contributed by atoms with Crippen molar-refractivity contribution in [3.8, 4) is 0 Å². The van der Waals surface area contributed by atoms with Gasteiger partial charge in [0.2, 0.25) is 0 Å². The average Bonchev–Trinajstić information content (AvgIpc) is 3.01. The number of imidazole rings is 1. The van der Waals surface area contributed by atoms with Gasteiger partial charge in [-0.1, -0.05) is 13.0 Å². The lowest BCUT2D eigenvalue weighted by Gasteiger charge is -2.11. The molecule has 28 heavy (non-hydrogen) atoms. The molecule has 0 saturated heterocycles. The topological polar surface area (TPSA) is 163 Å². The zero-order valence-electron chi connectivity index (χ0n) is 14.5. The number of carboxylic acid groups (broad SMARTS) is 1. The Kier molecular flexibility index (Phi) is 5.03. The fourth-order valence-electron chi connectivity index (χ4n) is 2.39. The molecule has 0 aliphatic rings. The van der Waals surface area contributed by atoms with Crippen molar-refractivity contribution >= 4 is 34.3 Å². The van der Waals surface area contributed by atoms with Gasteiger partial charge in [0.15, 0.2) is 0 Å². The number of carboxylic acids is 1. The van der Waals surface area contributed by atoms with Crippen molar-refractivity contribution in [2.75, 3.05) is 5.32 Å². The summed E-state index contributed by atoms with van der Waals surface area (Å²) in [6.07, 6.45) is 0. The van der Waals surface area contributed by atoms with Gasteiger partial charge in [-0.15, -0.1) is 10.9 Å². The molecule has 0 atom stereocenters.